The molecular weight excluding hydrogens is 254 g/mol. The van der Waals surface area contributed by atoms with Crippen LogP contribution in [0.1, 0.15) is 19.4 Å². The Morgan fingerprint density at radius 3 is 2.28 bits per heavy atom. The molecule has 0 unspecified atom stereocenters. The molecule has 0 aliphatic carbocycles. The van der Waals surface area contributed by atoms with E-state index in [0.29, 0.717) is 0 Å². The zero-order valence-electron chi connectivity index (χ0n) is 10.4. The summed E-state index contributed by atoms with van der Waals surface area (Å²) in [5.41, 5.74) is 0.833. The van der Waals surface area contributed by atoms with Crippen molar-refractivity contribution in [3.05, 3.63) is 35.9 Å². The molecule has 0 radical (unpaired) electrons. The van der Waals surface area contributed by atoms with E-state index >= 15 is 0 Å². The van der Waals surface area contributed by atoms with Gasteiger partial charge in [-0.15, -0.1) is 0 Å². The van der Waals surface area contributed by atoms with Crippen molar-refractivity contribution in [2.45, 2.75) is 26.4 Å². The first kappa shape index (κ1) is 14.7. The van der Waals surface area contributed by atoms with E-state index in [1.54, 1.807) is 13.8 Å². The number of nitrogens with zero attached hydrogens (tertiary/aromatic N) is 1. The average molecular weight is 271 g/mol. The van der Waals surface area contributed by atoms with Crippen molar-refractivity contribution in [2.24, 2.45) is 0 Å². The van der Waals surface area contributed by atoms with Gasteiger partial charge in [-0.2, -0.15) is 4.31 Å². The molecule has 0 atom stereocenters. The molecule has 0 fully saturated rings. The van der Waals surface area contributed by atoms with Crippen molar-refractivity contribution in [1.82, 2.24) is 4.31 Å². The summed E-state index contributed by atoms with van der Waals surface area (Å²) in [5.74, 6) is -2.22. The van der Waals surface area contributed by atoms with Crippen molar-refractivity contribution in [2.75, 3.05) is 5.75 Å². The quantitative estimate of drug-likeness (QED) is 0.846. The molecule has 6 heteroatoms. The molecule has 0 aliphatic heterocycles. The number of carbonyl (C=O) groups is 1. The van der Waals surface area contributed by atoms with Crippen LogP contribution < -0.4 is 0 Å². The molecule has 1 aromatic rings. The zero-order valence-corrected chi connectivity index (χ0v) is 11.2. The molecule has 0 saturated carbocycles. The van der Waals surface area contributed by atoms with Crippen LogP contribution in [0.3, 0.4) is 0 Å². The van der Waals surface area contributed by atoms with Gasteiger partial charge in [0.1, 0.15) is 0 Å². The first-order valence-electron chi connectivity index (χ1n) is 5.58. The van der Waals surface area contributed by atoms with Gasteiger partial charge in [0.05, 0.1) is 0 Å². The third-order valence-corrected chi connectivity index (χ3v) is 4.30. The lowest BCUT2D eigenvalue weighted by molar-refractivity contribution is -0.134. The van der Waals surface area contributed by atoms with Crippen LogP contribution in [0.15, 0.2) is 30.3 Å². The predicted molar refractivity (Wildman–Crippen MR) is 68.5 cm³/mol. The number of rotatable bonds is 6. The van der Waals surface area contributed by atoms with E-state index in [9.17, 15) is 13.2 Å². The highest BCUT2D eigenvalue weighted by Crippen LogP contribution is 2.13. The number of hydrogen-bond acceptors (Lipinski definition) is 3. The molecule has 18 heavy (non-hydrogen) atoms. The molecule has 0 saturated heterocycles. The minimum Gasteiger partial charge on any atom is -0.480 e. The predicted octanol–water partition coefficient (Wildman–Crippen LogP) is 1.31. The first-order chi connectivity index (χ1) is 8.33. The Bertz CT molecular complexity index is 496. The molecule has 0 bridgehead atoms. The second kappa shape index (κ2) is 5.97. The number of carboxylic acid groups (broad SMARTS) is 1. The minimum atomic E-state index is -3.79. The molecular formula is C12H17NO4S. The molecule has 100 valence electrons. The monoisotopic (exact) mass is 271 g/mol. The van der Waals surface area contributed by atoms with E-state index in [4.69, 9.17) is 5.11 Å². The third-order valence-electron chi connectivity index (χ3n) is 2.42. The van der Waals surface area contributed by atoms with Crippen molar-refractivity contribution in [3.8, 4) is 0 Å². The van der Waals surface area contributed by atoms with Gasteiger partial charge in [-0.05, 0) is 19.4 Å². The Hall–Kier alpha value is -1.40. The Kier molecular flexibility index (Phi) is 4.86. The third kappa shape index (κ3) is 4.12. The van der Waals surface area contributed by atoms with Crippen molar-refractivity contribution < 1.29 is 18.3 Å². The van der Waals surface area contributed by atoms with Gasteiger partial charge in [-0.25, -0.2) is 8.42 Å². The zero-order chi connectivity index (χ0) is 13.8. The summed E-state index contributed by atoms with van der Waals surface area (Å²) < 4.78 is 25.1. The molecule has 0 aliphatic rings. The Morgan fingerprint density at radius 1 is 1.28 bits per heavy atom. The normalized spacial score (nSPS) is 12.0. The topological polar surface area (TPSA) is 74.7 Å². The average Bonchev–Trinajstić information content (AvgIpc) is 2.25. The molecule has 0 aromatic heterocycles. The fourth-order valence-electron chi connectivity index (χ4n) is 1.60. The summed E-state index contributed by atoms with van der Waals surface area (Å²) >= 11 is 0. The second-order valence-corrected chi connectivity index (χ2v) is 6.20. The standard InChI is InChI=1S/C12H17NO4S/c1-10(2)13(18(16,17)9-12(14)15)8-11-6-4-3-5-7-11/h3-7,10H,8-9H2,1-2H3,(H,14,15). The van der Waals surface area contributed by atoms with Gasteiger partial charge in [-0.3, -0.25) is 4.79 Å². The van der Waals surface area contributed by atoms with Gasteiger partial charge >= 0.3 is 5.97 Å². The van der Waals surface area contributed by atoms with E-state index in [1.807, 2.05) is 30.3 Å². The van der Waals surface area contributed by atoms with Crippen LogP contribution >= 0.6 is 0 Å². The van der Waals surface area contributed by atoms with E-state index in [1.165, 1.54) is 4.31 Å². The van der Waals surface area contributed by atoms with E-state index in [-0.39, 0.29) is 12.6 Å². The highest BCUT2D eigenvalue weighted by Gasteiger charge is 2.27. The van der Waals surface area contributed by atoms with Crippen LogP contribution in [-0.2, 0) is 21.4 Å². The molecule has 5 nitrogen and oxygen atoms in total. The number of hydrogen-bond donors (Lipinski definition) is 1. The van der Waals surface area contributed by atoms with Crippen molar-refractivity contribution in [3.63, 3.8) is 0 Å². The number of sulfonamides is 1. The lowest BCUT2D eigenvalue weighted by Gasteiger charge is -2.25. The Balaban J connectivity index is 2.94. The van der Waals surface area contributed by atoms with Crippen molar-refractivity contribution >= 4 is 16.0 Å². The van der Waals surface area contributed by atoms with Crippen LogP contribution in [0.2, 0.25) is 0 Å². The molecule has 1 aromatic carbocycles. The van der Waals surface area contributed by atoms with Crippen LogP contribution in [0.4, 0.5) is 0 Å². The number of carboxylic acids is 1. The second-order valence-electron chi connectivity index (χ2n) is 4.27. The summed E-state index contributed by atoms with van der Waals surface area (Å²) in [6.45, 7) is 3.64. The largest absolute Gasteiger partial charge is 0.480 e. The smallest absolute Gasteiger partial charge is 0.320 e. The van der Waals surface area contributed by atoms with E-state index < -0.39 is 21.7 Å². The number of aliphatic carboxylic acids is 1. The van der Waals surface area contributed by atoms with Crippen molar-refractivity contribution in [1.29, 1.82) is 0 Å². The summed E-state index contributed by atoms with van der Waals surface area (Å²) in [5, 5.41) is 8.64. The van der Waals surface area contributed by atoms with E-state index in [0.717, 1.165) is 5.56 Å². The Labute approximate surface area is 107 Å². The molecule has 0 heterocycles. The highest BCUT2D eigenvalue weighted by molar-refractivity contribution is 7.89. The fraction of sp³-hybridized carbons (Fsp3) is 0.417. The molecule has 0 spiro atoms. The summed E-state index contributed by atoms with van der Waals surface area (Å²) in [4.78, 5) is 10.6. The van der Waals surface area contributed by atoms with Gasteiger partial charge in [-0.1, -0.05) is 30.3 Å². The summed E-state index contributed by atoms with van der Waals surface area (Å²) in [7, 11) is -3.79. The summed E-state index contributed by atoms with van der Waals surface area (Å²) in [6.07, 6.45) is 0. The van der Waals surface area contributed by atoms with Crippen LogP contribution in [0.5, 0.6) is 0 Å². The van der Waals surface area contributed by atoms with E-state index in [2.05, 4.69) is 0 Å². The fourth-order valence-corrected chi connectivity index (χ4v) is 3.07. The van der Waals surface area contributed by atoms with Crippen LogP contribution in [0, 0.1) is 0 Å². The minimum absolute atomic E-state index is 0.189. The maximum absolute atomic E-state index is 11.9. The lowest BCUT2D eigenvalue weighted by atomic mass is 10.2. The number of benzene rings is 1. The maximum Gasteiger partial charge on any atom is 0.320 e. The first-order valence-corrected chi connectivity index (χ1v) is 7.19. The maximum atomic E-state index is 11.9. The lowest BCUT2D eigenvalue weighted by Crippen LogP contribution is -2.39. The van der Waals surface area contributed by atoms with Gasteiger partial charge in [0.25, 0.3) is 0 Å². The molecule has 1 N–H and O–H groups in total. The van der Waals surface area contributed by atoms with Gasteiger partial charge in [0.2, 0.25) is 10.0 Å². The Morgan fingerprint density at radius 2 is 1.83 bits per heavy atom. The van der Waals surface area contributed by atoms with Gasteiger partial charge < -0.3 is 5.11 Å². The molecule has 0 amide bonds. The highest BCUT2D eigenvalue weighted by atomic mass is 32.2. The van der Waals surface area contributed by atoms with Gasteiger partial charge in [0.15, 0.2) is 5.75 Å². The SMILES string of the molecule is CC(C)N(Cc1ccccc1)S(=O)(=O)CC(=O)O. The van der Waals surface area contributed by atoms with Gasteiger partial charge in [0, 0.05) is 12.6 Å². The van der Waals surface area contributed by atoms with Crippen LogP contribution in [0.25, 0.3) is 0 Å². The molecule has 1 rings (SSSR count). The summed E-state index contributed by atoms with van der Waals surface area (Å²) in [6, 6.07) is 8.82. The van der Waals surface area contributed by atoms with Crippen LogP contribution in [-0.4, -0.2) is 35.6 Å².